The third kappa shape index (κ3) is 6.56. The van der Waals surface area contributed by atoms with E-state index >= 15 is 0 Å². The van der Waals surface area contributed by atoms with Crippen LogP contribution in [0, 0.1) is 5.92 Å². The van der Waals surface area contributed by atoms with Crippen molar-refractivity contribution in [3.63, 3.8) is 0 Å². The van der Waals surface area contributed by atoms with Gasteiger partial charge in [0.15, 0.2) is 0 Å². The van der Waals surface area contributed by atoms with Crippen molar-refractivity contribution in [1.29, 1.82) is 0 Å². The second-order valence-electron chi connectivity index (χ2n) is 5.04. The van der Waals surface area contributed by atoms with E-state index in [0.29, 0.717) is 4.47 Å². The Morgan fingerprint density at radius 3 is 2.61 bits per heavy atom. The number of halogens is 5. The van der Waals surface area contributed by atoms with Crippen LogP contribution in [0.3, 0.4) is 0 Å². The largest absolute Gasteiger partial charge is 0.573 e. The van der Waals surface area contributed by atoms with Gasteiger partial charge in [0.1, 0.15) is 5.75 Å². The van der Waals surface area contributed by atoms with Crippen LogP contribution in [0.1, 0.15) is 18.4 Å². The lowest BCUT2D eigenvalue weighted by atomic mass is 9.97. The molecule has 1 fully saturated rings. The summed E-state index contributed by atoms with van der Waals surface area (Å²) in [6.45, 7) is 1.55. The minimum absolute atomic E-state index is 0. The SMILES string of the molecule is Cl.O=C(NCc1ccc(Br)cc1OC(F)(F)F)C1CCNCC1. The van der Waals surface area contributed by atoms with Gasteiger partial charge in [-0.3, -0.25) is 4.79 Å². The molecule has 1 heterocycles. The quantitative estimate of drug-likeness (QED) is 0.790. The molecular weight excluding hydrogens is 401 g/mol. The average Bonchev–Trinajstić information content (AvgIpc) is 2.45. The number of benzene rings is 1. The summed E-state index contributed by atoms with van der Waals surface area (Å²) in [5.41, 5.74) is 0.280. The summed E-state index contributed by atoms with van der Waals surface area (Å²) in [5.74, 6) is -0.543. The van der Waals surface area contributed by atoms with E-state index in [4.69, 9.17) is 0 Å². The van der Waals surface area contributed by atoms with Gasteiger partial charge < -0.3 is 15.4 Å². The zero-order chi connectivity index (χ0) is 16.2. The number of amides is 1. The van der Waals surface area contributed by atoms with Crippen LogP contribution in [0.2, 0.25) is 0 Å². The summed E-state index contributed by atoms with van der Waals surface area (Å²) in [4.78, 5) is 12.0. The van der Waals surface area contributed by atoms with Crippen molar-refractivity contribution >= 4 is 34.2 Å². The molecule has 1 aliphatic rings. The molecule has 0 radical (unpaired) electrons. The molecule has 1 amide bonds. The summed E-state index contributed by atoms with van der Waals surface area (Å²) in [5, 5.41) is 5.84. The number of nitrogens with one attached hydrogen (secondary N) is 2. The number of hydrogen-bond donors (Lipinski definition) is 2. The highest BCUT2D eigenvalue weighted by molar-refractivity contribution is 9.10. The lowest BCUT2D eigenvalue weighted by Gasteiger charge is -2.22. The molecule has 0 spiro atoms. The first-order valence-corrected chi connectivity index (χ1v) is 7.67. The van der Waals surface area contributed by atoms with E-state index in [9.17, 15) is 18.0 Å². The van der Waals surface area contributed by atoms with Gasteiger partial charge in [0.2, 0.25) is 5.91 Å². The Hall–Kier alpha value is -0.990. The van der Waals surface area contributed by atoms with Crippen molar-refractivity contribution in [2.75, 3.05) is 13.1 Å². The monoisotopic (exact) mass is 416 g/mol. The molecular formula is C14H17BrClF3N2O2. The predicted molar refractivity (Wildman–Crippen MR) is 85.5 cm³/mol. The van der Waals surface area contributed by atoms with Crippen LogP contribution in [-0.4, -0.2) is 25.4 Å². The maximum atomic E-state index is 12.4. The molecule has 0 bridgehead atoms. The van der Waals surface area contributed by atoms with Crippen molar-refractivity contribution < 1.29 is 22.7 Å². The van der Waals surface area contributed by atoms with E-state index in [2.05, 4.69) is 31.3 Å². The number of ether oxygens (including phenoxy) is 1. The second-order valence-corrected chi connectivity index (χ2v) is 5.96. The highest BCUT2D eigenvalue weighted by Gasteiger charge is 2.32. The van der Waals surface area contributed by atoms with Crippen molar-refractivity contribution in [2.45, 2.75) is 25.7 Å². The molecule has 0 aromatic heterocycles. The standard InChI is InChI=1S/C14H16BrF3N2O2.ClH/c15-11-2-1-10(12(7-11)22-14(16,17)18)8-20-13(21)9-3-5-19-6-4-9;/h1-2,7,9,19H,3-6,8H2,(H,20,21);1H. The number of carbonyl (C=O) groups is 1. The fourth-order valence-electron chi connectivity index (χ4n) is 2.30. The molecule has 9 heteroatoms. The second kappa shape index (κ2) is 8.75. The van der Waals surface area contributed by atoms with Gasteiger partial charge in [0.05, 0.1) is 0 Å². The van der Waals surface area contributed by atoms with E-state index in [1.54, 1.807) is 6.07 Å². The highest BCUT2D eigenvalue weighted by Crippen LogP contribution is 2.29. The van der Waals surface area contributed by atoms with Crippen LogP contribution in [0.4, 0.5) is 13.2 Å². The van der Waals surface area contributed by atoms with Crippen LogP contribution in [-0.2, 0) is 11.3 Å². The van der Waals surface area contributed by atoms with Crippen molar-refractivity contribution in [3.05, 3.63) is 28.2 Å². The molecule has 4 nitrogen and oxygen atoms in total. The molecule has 2 N–H and O–H groups in total. The van der Waals surface area contributed by atoms with E-state index in [0.717, 1.165) is 25.9 Å². The maximum Gasteiger partial charge on any atom is 0.573 e. The number of carbonyl (C=O) groups excluding carboxylic acids is 1. The minimum atomic E-state index is -4.77. The van der Waals surface area contributed by atoms with Crippen molar-refractivity contribution in [2.24, 2.45) is 5.92 Å². The molecule has 2 rings (SSSR count). The summed E-state index contributed by atoms with van der Waals surface area (Å²) in [6, 6.07) is 4.34. The first kappa shape index (κ1) is 20.1. The fraction of sp³-hybridized carbons (Fsp3) is 0.500. The normalized spacial score (nSPS) is 15.7. The zero-order valence-electron chi connectivity index (χ0n) is 12.1. The predicted octanol–water partition coefficient (Wildman–Crippen LogP) is 3.39. The summed E-state index contributed by atoms with van der Waals surface area (Å²) < 4.78 is 41.7. The Balaban J connectivity index is 0.00000264. The van der Waals surface area contributed by atoms with Crippen LogP contribution in [0.25, 0.3) is 0 Å². The van der Waals surface area contributed by atoms with Gasteiger partial charge in [-0.25, -0.2) is 0 Å². The Kier molecular flexibility index (Phi) is 7.63. The lowest BCUT2D eigenvalue weighted by Crippen LogP contribution is -2.38. The van der Waals surface area contributed by atoms with Gasteiger partial charge in [-0.1, -0.05) is 22.0 Å². The van der Waals surface area contributed by atoms with Crippen LogP contribution >= 0.6 is 28.3 Å². The van der Waals surface area contributed by atoms with Gasteiger partial charge in [-0.2, -0.15) is 0 Å². The third-order valence-corrected chi connectivity index (χ3v) is 3.91. The van der Waals surface area contributed by atoms with Crippen LogP contribution in [0.15, 0.2) is 22.7 Å². The maximum absolute atomic E-state index is 12.4. The molecule has 1 aromatic carbocycles. The van der Waals surface area contributed by atoms with Crippen LogP contribution < -0.4 is 15.4 Å². The summed E-state index contributed by atoms with van der Waals surface area (Å²) >= 11 is 3.10. The van der Waals surface area contributed by atoms with Gasteiger partial charge in [0.25, 0.3) is 0 Å². The first-order valence-electron chi connectivity index (χ1n) is 6.88. The molecule has 1 saturated heterocycles. The minimum Gasteiger partial charge on any atom is -0.405 e. The van der Waals surface area contributed by atoms with Gasteiger partial charge in [0, 0.05) is 22.5 Å². The summed E-state index contributed by atoms with van der Waals surface area (Å²) in [6.07, 6.45) is -3.30. The van der Waals surface area contributed by atoms with Crippen molar-refractivity contribution in [1.82, 2.24) is 10.6 Å². The molecule has 1 aliphatic heterocycles. The third-order valence-electron chi connectivity index (χ3n) is 3.42. The average molecular weight is 418 g/mol. The number of alkyl halides is 3. The van der Waals surface area contributed by atoms with E-state index in [1.165, 1.54) is 12.1 Å². The Morgan fingerprint density at radius 2 is 2.00 bits per heavy atom. The van der Waals surface area contributed by atoms with E-state index in [-0.39, 0.29) is 42.1 Å². The van der Waals surface area contributed by atoms with Crippen molar-refractivity contribution in [3.8, 4) is 5.75 Å². The highest BCUT2D eigenvalue weighted by atomic mass is 79.9. The van der Waals surface area contributed by atoms with E-state index in [1.807, 2.05) is 0 Å². The Morgan fingerprint density at radius 1 is 1.35 bits per heavy atom. The molecule has 0 aliphatic carbocycles. The Labute approximate surface area is 146 Å². The van der Waals surface area contributed by atoms with E-state index < -0.39 is 6.36 Å². The Bertz CT molecular complexity index is 537. The van der Waals surface area contributed by atoms with Gasteiger partial charge in [-0.05, 0) is 38.1 Å². The molecule has 0 saturated carbocycles. The molecule has 0 atom stereocenters. The van der Waals surface area contributed by atoms with Crippen LogP contribution in [0.5, 0.6) is 5.75 Å². The smallest absolute Gasteiger partial charge is 0.405 e. The topological polar surface area (TPSA) is 50.4 Å². The molecule has 0 unspecified atom stereocenters. The lowest BCUT2D eigenvalue weighted by molar-refractivity contribution is -0.274. The number of hydrogen-bond acceptors (Lipinski definition) is 3. The summed E-state index contributed by atoms with van der Waals surface area (Å²) in [7, 11) is 0. The van der Waals surface area contributed by atoms with Gasteiger partial charge >= 0.3 is 6.36 Å². The zero-order valence-corrected chi connectivity index (χ0v) is 14.5. The fourth-order valence-corrected chi connectivity index (χ4v) is 2.64. The van der Waals surface area contributed by atoms with Gasteiger partial charge in [-0.15, -0.1) is 25.6 Å². The number of piperidine rings is 1. The number of rotatable bonds is 4. The molecule has 1 aromatic rings. The first-order chi connectivity index (χ1) is 10.3. The molecule has 23 heavy (non-hydrogen) atoms. The molecule has 130 valence electrons.